The van der Waals surface area contributed by atoms with Gasteiger partial charge >= 0.3 is 0 Å². The molecule has 0 spiro atoms. The lowest BCUT2D eigenvalue weighted by Crippen LogP contribution is -2.18. The van der Waals surface area contributed by atoms with Gasteiger partial charge in [-0.15, -0.1) is 0 Å². The minimum absolute atomic E-state index is 0.110. The number of sulfone groups is 1. The number of benzene rings is 3. The summed E-state index contributed by atoms with van der Waals surface area (Å²) in [6.45, 7) is 4.97. The quantitative estimate of drug-likeness (QED) is 0.368. The monoisotopic (exact) mass is 538 g/mol. The molecule has 9 heteroatoms. The minimum atomic E-state index is -2.99. The molecule has 0 saturated heterocycles. The molecule has 1 aliphatic heterocycles. The number of ether oxygens (including phenoxy) is 1. The molecule has 1 amide bonds. The number of rotatable bonds is 10. The molecule has 3 aromatic rings. The number of aryl methyl sites for hydroxylation is 2. The Labute approximate surface area is 220 Å². The zero-order valence-electron chi connectivity index (χ0n) is 21.0. The van der Waals surface area contributed by atoms with Crippen molar-refractivity contribution in [2.24, 2.45) is 0 Å². The van der Waals surface area contributed by atoms with Crippen molar-refractivity contribution in [1.29, 1.82) is 0 Å². The van der Waals surface area contributed by atoms with Crippen molar-refractivity contribution in [3.63, 3.8) is 0 Å². The molecule has 2 N–H and O–H groups in total. The van der Waals surface area contributed by atoms with Gasteiger partial charge in [0.25, 0.3) is 5.91 Å². The Morgan fingerprint density at radius 3 is 2.41 bits per heavy atom. The van der Waals surface area contributed by atoms with E-state index >= 15 is 0 Å². The lowest BCUT2D eigenvalue weighted by Gasteiger charge is -2.16. The Morgan fingerprint density at radius 1 is 1.00 bits per heavy atom. The van der Waals surface area contributed by atoms with E-state index < -0.39 is 20.8 Å². The van der Waals surface area contributed by atoms with E-state index in [1.807, 2.05) is 62.4 Å². The first-order valence-corrected chi connectivity index (χ1v) is 15.2. The van der Waals surface area contributed by atoms with Crippen LogP contribution < -0.4 is 14.8 Å². The van der Waals surface area contributed by atoms with E-state index in [0.717, 1.165) is 39.3 Å². The number of para-hydroxylation sites is 1. The van der Waals surface area contributed by atoms with Crippen molar-refractivity contribution in [3.05, 3.63) is 88.3 Å². The number of carbonyl (C=O) groups is 1. The van der Waals surface area contributed by atoms with Crippen LogP contribution in [0.3, 0.4) is 0 Å². The maximum Gasteiger partial charge on any atom is 0.264 e. The second-order valence-corrected chi connectivity index (χ2v) is 12.4. The molecule has 0 radical (unpaired) electrons. The molecule has 0 saturated carbocycles. The predicted molar refractivity (Wildman–Crippen MR) is 149 cm³/mol. The van der Waals surface area contributed by atoms with E-state index in [-0.39, 0.29) is 11.7 Å². The van der Waals surface area contributed by atoms with Crippen LogP contribution in [0.5, 0.6) is 5.75 Å². The Morgan fingerprint density at radius 2 is 1.73 bits per heavy atom. The van der Waals surface area contributed by atoms with Gasteiger partial charge in [0.05, 0.1) is 17.9 Å². The summed E-state index contributed by atoms with van der Waals surface area (Å²) in [4.78, 5) is 12.2. The van der Waals surface area contributed by atoms with Crippen LogP contribution in [-0.2, 0) is 32.2 Å². The SMILES string of the molecule is Cc1cc(OCCCS(C)(=O)=O)cc(C)c1-c1cccc(CNc2ccccc2C2=CS(=O)NC2=O)c1. The second kappa shape index (κ2) is 11.3. The second-order valence-electron chi connectivity index (χ2n) is 9.12. The lowest BCUT2D eigenvalue weighted by molar-refractivity contribution is -0.113. The van der Waals surface area contributed by atoms with Crippen LogP contribution in [0.15, 0.2) is 66.1 Å². The molecule has 1 aliphatic rings. The van der Waals surface area contributed by atoms with Crippen LogP contribution in [-0.4, -0.2) is 37.1 Å². The maximum atomic E-state index is 12.2. The minimum Gasteiger partial charge on any atom is -0.494 e. The molecule has 1 heterocycles. The molecule has 0 aromatic heterocycles. The fourth-order valence-corrected chi connectivity index (χ4v) is 5.84. The van der Waals surface area contributed by atoms with Crippen molar-refractivity contribution in [2.45, 2.75) is 26.8 Å². The van der Waals surface area contributed by atoms with Gasteiger partial charge in [0.15, 0.2) is 0 Å². The third-order valence-electron chi connectivity index (χ3n) is 6.01. The summed E-state index contributed by atoms with van der Waals surface area (Å²) in [5, 5.41) is 4.85. The van der Waals surface area contributed by atoms with Gasteiger partial charge in [0, 0.05) is 29.5 Å². The van der Waals surface area contributed by atoms with Crippen LogP contribution >= 0.6 is 0 Å². The molecule has 1 atom stereocenters. The molecule has 7 nitrogen and oxygen atoms in total. The predicted octanol–water partition coefficient (Wildman–Crippen LogP) is 4.53. The summed E-state index contributed by atoms with van der Waals surface area (Å²) >= 11 is 0. The smallest absolute Gasteiger partial charge is 0.264 e. The van der Waals surface area contributed by atoms with Gasteiger partial charge in [-0.3, -0.25) is 9.52 Å². The summed E-state index contributed by atoms with van der Waals surface area (Å²) in [6, 6.07) is 19.7. The average molecular weight is 539 g/mol. The Hall–Kier alpha value is -3.43. The van der Waals surface area contributed by atoms with Crippen molar-refractivity contribution in [1.82, 2.24) is 4.72 Å². The number of amides is 1. The van der Waals surface area contributed by atoms with Crippen LogP contribution in [0, 0.1) is 13.8 Å². The zero-order chi connectivity index (χ0) is 26.6. The molecular weight excluding hydrogens is 508 g/mol. The van der Waals surface area contributed by atoms with Gasteiger partial charge in [-0.05, 0) is 72.4 Å². The number of carbonyl (C=O) groups excluding carboxylic acids is 1. The van der Waals surface area contributed by atoms with Gasteiger partial charge in [-0.1, -0.05) is 36.4 Å². The molecular formula is C28H30N2O5S2. The zero-order valence-corrected chi connectivity index (χ0v) is 22.7. The third kappa shape index (κ3) is 6.87. The van der Waals surface area contributed by atoms with Gasteiger partial charge in [0.2, 0.25) is 0 Å². The van der Waals surface area contributed by atoms with Gasteiger partial charge in [-0.25, -0.2) is 12.6 Å². The van der Waals surface area contributed by atoms with Crippen molar-refractivity contribution in [2.75, 3.05) is 23.9 Å². The Bertz CT molecular complexity index is 1470. The molecule has 37 heavy (non-hydrogen) atoms. The highest BCUT2D eigenvalue weighted by molar-refractivity contribution is 7.90. The first-order chi connectivity index (χ1) is 17.6. The van der Waals surface area contributed by atoms with E-state index in [4.69, 9.17) is 4.74 Å². The normalized spacial score (nSPS) is 15.3. The summed E-state index contributed by atoms with van der Waals surface area (Å²) in [5.41, 5.74) is 7.32. The largest absolute Gasteiger partial charge is 0.494 e. The van der Waals surface area contributed by atoms with Crippen LogP contribution in [0.1, 0.15) is 28.7 Å². The highest BCUT2D eigenvalue weighted by Gasteiger charge is 2.23. The molecule has 4 rings (SSSR count). The number of anilines is 1. The maximum absolute atomic E-state index is 12.2. The van der Waals surface area contributed by atoms with E-state index in [0.29, 0.717) is 30.7 Å². The van der Waals surface area contributed by atoms with Crippen molar-refractivity contribution in [3.8, 4) is 16.9 Å². The van der Waals surface area contributed by atoms with E-state index in [9.17, 15) is 17.4 Å². The molecule has 0 fully saturated rings. The summed E-state index contributed by atoms with van der Waals surface area (Å²) in [5.74, 6) is 0.495. The number of hydrogen-bond acceptors (Lipinski definition) is 6. The van der Waals surface area contributed by atoms with Crippen LogP contribution in [0.2, 0.25) is 0 Å². The van der Waals surface area contributed by atoms with Gasteiger partial charge in [-0.2, -0.15) is 0 Å². The van der Waals surface area contributed by atoms with E-state index in [1.54, 1.807) is 0 Å². The summed E-state index contributed by atoms with van der Waals surface area (Å²) < 4.78 is 42.6. The molecule has 3 aromatic carbocycles. The topological polar surface area (TPSA) is 102 Å². The van der Waals surface area contributed by atoms with Crippen molar-refractivity contribution < 1.29 is 22.2 Å². The van der Waals surface area contributed by atoms with Gasteiger partial charge < -0.3 is 10.1 Å². The summed E-state index contributed by atoms with van der Waals surface area (Å²) in [7, 11) is -4.48. The van der Waals surface area contributed by atoms with Crippen LogP contribution in [0.4, 0.5) is 5.69 Å². The molecule has 194 valence electrons. The highest BCUT2D eigenvalue weighted by Crippen LogP contribution is 2.32. The third-order valence-corrected chi connectivity index (χ3v) is 7.88. The standard InChI is InChI=1S/C28H30N2O5S2/c1-19-14-23(35-12-7-13-37(3,33)34)15-20(2)27(19)22-9-6-8-21(16-22)17-29-26-11-5-4-10-24(26)25-18-36(32)30-28(25)31/h4-6,8-11,14-16,18,29H,7,12-13,17H2,1-3H3,(H,30,31). The van der Waals surface area contributed by atoms with E-state index in [2.05, 4.69) is 22.2 Å². The molecule has 0 bridgehead atoms. The first-order valence-electron chi connectivity index (χ1n) is 11.9. The summed E-state index contributed by atoms with van der Waals surface area (Å²) in [6.07, 6.45) is 1.68. The van der Waals surface area contributed by atoms with E-state index in [1.165, 1.54) is 11.7 Å². The number of hydrogen-bond donors (Lipinski definition) is 2. The average Bonchev–Trinajstić information content (AvgIpc) is 3.17. The number of nitrogens with one attached hydrogen (secondary N) is 2. The fourth-order valence-electron chi connectivity index (χ4n) is 4.40. The highest BCUT2D eigenvalue weighted by atomic mass is 32.2. The fraction of sp³-hybridized carbons (Fsp3) is 0.250. The van der Waals surface area contributed by atoms with Crippen molar-refractivity contribution >= 4 is 38.0 Å². The molecule has 0 aliphatic carbocycles. The van der Waals surface area contributed by atoms with Crippen LogP contribution in [0.25, 0.3) is 16.7 Å². The molecule has 1 unspecified atom stereocenters. The van der Waals surface area contributed by atoms with Gasteiger partial charge in [0.1, 0.15) is 26.6 Å². The first kappa shape index (κ1) is 26.6. The Kier molecular flexibility index (Phi) is 8.14. The Balaban J connectivity index is 1.48. The lowest BCUT2D eigenvalue weighted by atomic mass is 9.94.